The van der Waals surface area contributed by atoms with Gasteiger partial charge in [0.1, 0.15) is 0 Å². The quantitative estimate of drug-likeness (QED) is 0.712. The standard InChI is InChI=1S/C23H23N3O/c1-24-14-7-10-19(24)16-25-15-13-23(17-25)20-11-5-6-12-21(20)26(22(23)27)18-8-3-2-4-9-18/h2-12,14H,13,15-17H2,1H3. The van der Waals surface area contributed by atoms with Crippen molar-refractivity contribution in [2.24, 2.45) is 7.05 Å². The second-order valence-electron chi connectivity index (χ2n) is 7.65. The number of benzene rings is 2. The molecule has 1 aromatic heterocycles. The van der Waals surface area contributed by atoms with Gasteiger partial charge in [-0.3, -0.25) is 14.6 Å². The zero-order chi connectivity index (χ0) is 18.4. The van der Waals surface area contributed by atoms with Crippen LogP contribution in [0, 0.1) is 0 Å². The monoisotopic (exact) mass is 357 g/mol. The van der Waals surface area contributed by atoms with Gasteiger partial charge in [-0.05, 0) is 42.3 Å². The molecule has 2 aromatic carbocycles. The summed E-state index contributed by atoms with van der Waals surface area (Å²) < 4.78 is 2.16. The van der Waals surface area contributed by atoms with Gasteiger partial charge >= 0.3 is 0 Å². The summed E-state index contributed by atoms with van der Waals surface area (Å²) in [6.45, 7) is 2.59. The summed E-state index contributed by atoms with van der Waals surface area (Å²) in [5, 5.41) is 0. The molecule has 4 heteroatoms. The third kappa shape index (κ3) is 2.44. The Morgan fingerprint density at radius 3 is 2.52 bits per heavy atom. The van der Waals surface area contributed by atoms with E-state index in [0.29, 0.717) is 0 Å². The molecule has 3 heterocycles. The van der Waals surface area contributed by atoms with Crippen LogP contribution in [0.1, 0.15) is 17.7 Å². The number of rotatable bonds is 3. The van der Waals surface area contributed by atoms with Crippen LogP contribution in [0.25, 0.3) is 0 Å². The van der Waals surface area contributed by atoms with Gasteiger partial charge in [-0.15, -0.1) is 0 Å². The molecule has 3 aromatic rings. The first-order chi connectivity index (χ1) is 13.2. The molecular weight excluding hydrogens is 334 g/mol. The lowest BCUT2D eigenvalue weighted by Gasteiger charge is -2.25. The SMILES string of the molecule is Cn1cccc1CN1CCC2(C1)C(=O)N(c1ccccc1)c1ccccc12. The van der Waals surface area contributed by atoms with E-state index in [1.54, 1.807) is 0 Å². The fourth-order valence-corrected chi connectivity index (χ4v) is 4.65. The van der Waals surface area contributed by atoms with E-state index in [9.17, 15) is 4.79 Å². The molecule has 1 atom stereocenters. The molecule has 0 radical (unpaired) electrons. The molecule has 0 bridgehead atoms. The Hall–Kier alpha value is -2.85. The van der Waals surface area contributed by atoms with Crippen molar-refractivity contribution in [2.45, 2.75) is 18.4 Å². The van der Waals surface area contributed by atoms with Gasteiger partial charge in [0, 0.05) is 44.3 Å². The highest BCUT2D eigenvalue weighted by atomic mass is 16.2. The van der Waals surface area contributed by atoms with Gasteiger partial charge in [-0.25, -0.2) is 0 Å². The zero-order valence-corrected chi connectivity index (χ0v) is 15.5. The summed E-state index contributed by atoms with van der Waals surface area (Å²) in [4.78, 5) is 18.0. The van der Waals surface area contributed by atoms with Gasteiger partial charge in [0.2, 0.25) is 5.91 Å². The van der Waals surface area contributed by atoms with Crippen molar-refractivity contribution in [3.8, 4) is 0 Å². The molecule has 1 saturated heterocycles. The lowest BCUT2D eigenvalue weighted by molar-refractivity contribution is -0.122. The van der Waals surface area contributed by atoms with Crippen molar-refractivity contribution < 1.29 is 4.79 Å². The molecular formula is C23H23N3O. The van der Waals surface area contributed by atoms with Gasteiger partial charge in [0.25, 0.3) is 0 Å². The van der Waals surface area contributed by atoms with Gasteiger partial charge in [0.15, 0.2) is 0 Å². The normalized spacial score (nSPS) is 22.0. The second kappa shape index (κ2) is 6.10. The number of nitrogens with zero attached hydrogens (tertiary/aromatic N) is 3. The first-order valence-electron chi connectivity index (χ1n) is 9.51. The molecule has 136 valence electrons. The van der Waals surface area contributed by atoms with Crippen LogP contribution in [-0.4, -0.2) is 28.5 Å². The highest BCUT2D eigenvalue weighted by Crippen LogP contribution is 2.49. The van der Waals surface area contributed by atoms with Crippen molar-refractivity contribution in [3.05, 3.63) is 84.2 Å². The van der Waals surface area contributed by atoms with Crippen LogP contribution in [0.15, 0.2) is 72.9 Å². The molecule has 1 spiro atoms. The number of anilines is 2. The minimum Gasteiger partial charge on any atom is -0.353 e. The molecule has 2 aliphatic rings. The zero-order valence-electron chi connectivity index (χ0n) is 15.5. The summed E-state index contributed by atoms with van der Waals surface area (Å²) in [6.07, 6.45) is 2.95. The topological polar surface area (TPSA) is 28.5 Å². The minimum atomic E-state index is -0.433. The summed E-state index contributed by atoms with van der Waals surface area (Å²) in [6, 6.07) is 22.5. The fraction of sp³-hybridized carbons (Fsp3) is 0.261. The lowest BCUT2D eigenvalue weighted by atomic mass is 9.81. The maximum atomic E-state index is 13.7. The number of aromatic nitrogens is 1. The number of carbonyl (C=O) groups excluding carboxylic acids is 1. The summed E-state index contributed by atoms with van der Waals surface area (Å²) >= 11 is 0. The number of para-hydroxylation sites is 2. The number of hydrogen-bond acceptors (Lipinski definition) is 2. The van der Waals surface area contributed by atoms with E-state index in [1.165, 1.54) is 11.3 Å². The Morgan fingerprint density at radius 1 is 0.963 bits per heavy atom. The molecule has 2 aliphatic heterocycles. The van der Waals surface area contributed by atoms with E-state index in [4.69, 9.17) is 0 Å². The minimum absolute atomic E-state index is 0.212. The highest BCUT2D eigenvalue weighted by molar-refractivity contribution is 6.13. The average Bonchev–Trinajstić information content (AvgIpc) is 3.36. The number of aryl methyl sites for hydroxylation is 1. The second-order valence-corrected chi connectivity index (χ2v) is 7.65. The first-order valence-corrected chi connectivity index (χ1v) is 9.51. The van der Waals surface area contributed by atoms with Crippen LogP contribution in [-0.2, 0) is 23.8 Å². The van der Waals surface area contributed by atoms with E-state index in [-0.39, 0.29) is 5.91 Å². The van der Waals surface area contributed by atoms with Gasteiger partial charge in [-0.1, -0.05) is 36.4 Å². The van der Waals surface area contributed by atoms with Crippen LogP contribution in [0.4, 0.5) is 11.4 Å². The smallest absolute Gasteiger partial charge is 0.243 e. The highest BCUT2D eigenvalue weighted by Gasteiger charge is 2.54. The molecule has 0 aliphatic carbocycles. The van der Waals surface area contributed by atoms with Crippen LogP contribution >= 0.6 is 0 Å². The number of likely N-dealkylation sites (tertiary alicyclic amines) is 1. The fourth-order valence-electron chi connectivity index (χ4n) is 4.65. The molecule has 1 unspecified atom stereocenters. The molecule has 4 nitrogen and oxygen atoms in total. The van der Waals surface area contributed by atoms with Crippen LogP contribution in [0.3, 0.4) is 0 Å². The third-order valence-corrected chi connectivity index (χ3v) is 6.07. The molecule has 0 N–H and O–H groups in total. The number of carbonyl (C=O) groups is 1. The molecule has 1 fully saturated rings. The molecule has 1 amide bonds. The number of amides is 1. The Balaban J connectivity index is 1.51. The van der Waals surface area contributed by atoms with Crippen molar-refractivity contribution in [1.29, 1.82) is 0 Å². The van der Waals surface area contributed by atoms with Gasteiger partial charge in [0.05, 0.1) is 11.1 Å². The lowest BCUT2D eigenvalue weighted by Crippen LogP contribution is -2.40. The maximum Gasteiger partial charge on any atom is 0.243 e. The molecule has 5 rings (SSSR count). The van der Waals surface area contributed by atoms with Gasteiger partial charge in [-0.2, -0.15) is 0 Å². The predicted octanol–water partition coefficient (Wildman–Crippen LogP) is 3.85. The third-order valence-electron chi connectivity index (χ3n) is 6.07. The van der Waals surface area contributed by atoms with E-state index in [0.717, 1.165) is 37.4 Å². The number of hydrogen-bond donors (Lipinski definition) is 0. The number of fused-ring (bicyclic) bond motifs is 2. The van der Waals surface area contributed by atoms with Crippen molar-refractivity contribution in [3.63, 3.8) is 0 Å². The predicted molar refractivity (Wildman–Crippen MR) is 107 cm³/mol. The molecule has 0 saturated carbocycles. The van der Waals surface area contributed by atoms with E-state index in [1.807, 2.05) is 41.3 Å². The molecule has 27 heavy (non-hydrogen) atoms. The summed E-state index contributed by atoms with van der Waals surface area (Å²) in [5.74, 6) is 0.212. The first kappa shape index (κ1) is 16.3. The van der Waals surface area contributed by atoms with E-state index < -0.39 is 5.41 Å². The van der Waals surface area contributed by atoms with Crippen molar-refractivity contribution in [2.75, 3.05) is 18.0 Å². The van der Waals surface area contributed by atoms with Crippen LogP contribution in [0.2, 0.25) is 0 Å². The van der Waals surface area contributed by atoms with Crippen molar-refractivity contribution >= 4 is 17.3 Å². The van der Waals surface area contributed by atoms with Gasteiger partial charge < -0.3 is 4.57 Å². The largest absolute Gasteiger partial charge is 0.353 e. The summed E-state index contributed by atoms with van der Waals surface area (Å²) in [7, 11) is 2.08. The summed E-state index contributed by atoms with van der Waals surface area (Å²) in [5.41, 5.74) is 4.01. The Bertz CT molecular complexity index is 994. The van der Waals surface area contributed by atoms with E-state index >= 15 is 0 Å². The maximum absolute atomic E-state index is 13.7. The Labute approximate surface area is 159 Å². The van der Waals surface area contributed by atoms with Crippen molar-refractivity contribution in [1.82, 2.24) is 9.47 Å². The van der Waals surface area contributed by atoms with E-state index in [2.05, 4.69) is 53.0 Å². The van der Waals surface area contributed by atoms with Crippen LogP contribution < -0.4 is 4.90 Å². The average molecular weight is 357 g/mol. The van der Waals surface area contributed by atoms with Crippen LogP contribution in [0.5, 0.6) is 0 Å². The Kier molecular flexibility index (Phi) is 3.69. The Morgan fingerprint density at radius 2 is 1.74 bits per heavy atom.